The third kappa shape index (κ3) is 3.90. The maximum atomic E-state index is 4.70. The van der Waals surface area contributed by atoms with E-state index in [-0.39, 0.29) is 12.4 Å². The molecule has 0 heterocycles. The highest BCUT2D eigenvalue weighted by molar-refractivity contribution is 7.47. The lowest BCUT2D eigenvalue weighted by atomic mass is 9.89. The minimum Gasteiger partial charge on any atom is -0.220 e. The molecular formula is C15H16ClNS. The van der Waals surface area contributed by atoms with E-state index < -0.39 is 0 Å². The van der Waals surface area contributed by atoms with Crippen LogP contribution in [0.3, 0.4) is 0 Å². The molecule has 2 aromatic carbocycles. The third-order valence-corrected chi connectivity index (χ3v) is 3.10. The van der Waals surface area contributed by atoms with Gasteiger partial charge in [0.1, 0.15) is 0 Å². The van der Waals surface area contributed by atoms with Crippen LogP contribution in [0.15, 0.2) is 65.0 Å². The standard InChI is InChI=1S/C15H15NS.ClH/c17-16-12-11-15(13-7-3-1-4-8-13)14-9-5-2-6-10-14;/h1-10,15H,11-12H2;1H. The SMILES string of the molecule is Cl.S=NCCC(c1ccccc1)c1ccccc1. The van der Waals surface area contributed by atoms with E-state index >= 15 is 0 Å². The summed E-state index contributed by atoms with van der Waals surface area (Å²) in [6, 6.07) is 21.1. The average Bonchev–Trinajstić information content (AvgIpc) is 2.42. The summed E-state index contributed by atoms with van der Waals surface area (Å²) in [5.74, 6) is 0.393. The lowest BCUT2D eigenvalue weighted by Gasteiger charge is -2.16. The zero-order chi connectivity index (χ0) is 11.9. The van der Waals surface area contributed by atoms with Crippen LogP contribution in [0.5, 0.6) is 0 Å². The normalized spacial score (nSPS) is 9.83. The van der Waals surface area contributed by atoms with Crippen LogP contribution in [0, 0.1) is 0 Å². The highest BCUT2D eigenvalue weighted by Gasteiger charge is 2.12. The lowest BCUT2D eigenvalue weighted by molar-refractivity contribution is 0.732. The van der Waals surface area contributed by atoms with Crippen LogP contribution in [-0.2, 0) is 12.4 Å². The molecule has 0 saturated heterocycles. The molecule has 0 atom stereocenters. The topological polar surface area (TPSA) is 12.4 Å². The Labute approximate surface area is 120 Å². The molecule has 94 valence electrons. The minimum atomic E-state index is 0. The smallest absolute Gasteiger partial charge is 0.0530 e. The Bertz CT molecular complexity index is 419. The molecule has 0 N–H and O–H groups in total. The quantitative estimate of drug-likeness (QED) is 0.791. The first-order chi connectivity index (χ1) is 8.42. The molecule has 0 amide bonds. The zero-order valence-corrected chi connectivity index (χ0v) is 11.7. The molecule has 0 saturated carbocycles. The van der Waals surface area contributed by atoms with Crippen LogP contribution in [0.25, 0.3) is 0 Å². The highest BCUT2D eigenvalue weighted by atomic mass is 35.5. The van der Waals surface area contributed by atoms with Crippen molar-refractivity contribution >= 4 is 24.8 Å². The van der Waals surface area contributed by atoms with Gasteiger partial charge in [-0.25, -0.2) is 4.36 Å². The molecule has 2 aromatic rings. The fourth-order valence-electron chi connectivity index (χ4n) is 2.08. The molecule has 0 aliphatic carbocycles. The molecule has 0 aromatic heterocycles. The van der Waals surface area contributed by atoms with Crippen LogP contribution in [0.2, 0.25) is 0 Å². The van der Waals surface area contributed by atoms with Gasteiger partial charge in [-0.2, -0.15) is 0 Å². The predicted molar refractivity (Wildman–Crippen MR) is 81.3 cm³/mol. The van der Waals surface area contributed by atoms with Crippen LogP contribution < -0.4 is 0 Å². The van der Waals surface area contributed by atoms with Gasteiger partial charge in [0.15, 0.2) is 0 Å². The summed E-state index contributed by atoms with van der Waals surface area (Å²) in [5, 5.41) is 0. The molecule has 3 heteroatoms. The molecule has 0 aliphatic rings. The molecule has 0 unspecified atom stereocenters. The van der Waals surface area contributed by atoms with E-state index in [4.69, 9.17) is 12.4 Å². The largest absolute Gasteiger partial charge is 0.220 e. The van der Waals surface area contributed by atoms with Crippen molar-refractivity contribution in [2.75, 3.05) is 6.54 Å². The van der Waals surface area contributed by atoms with Gasteiger partial charge in [0, 0.05) is 18.3 Å². The van der Waals surface area contributed by atoms with Crippen molar-refractivity contribution < 1.29 is 0 Å². The number of rotatable bonds is 5. The average molecular weight is 278 g/mol. The summed E-state index contributed by atoms with van der Waals surface area (Å²) >= 11 is 4.70. The van der Waals surface area contributed by atoms with Crippen LogP contribution >= 0.6 is 12.4 Å². The van der Waals surface area contributed by atoms with E-state index in [0.29, 0.717) is 5.92 Å². The summed E-state index contributed by atoms with van der Waals surface area (Å²) in [6.45, 7) is 0.726. The van der Waals surface area contributed by atoms with Gasteiger partial charge in [0.05, 0.1) is 6.54 Å². The number of benzene rings is 2. The van der Waals surface area contributed by atoms with E-state index in [1.165, 1.54) is 11.1 Å². The summed E-state index contributed by atoms with van der Waals surface area (Å²) in [7, 11) is 0. The molecule has 0 bridgehead atoms. The molecule has 0 radical (unpaired) electrons. The number of nitrogens with zero attached hydrogens (tertiary/aromatic N) is 1. The first kappa shape index (κ1) is 14.8. The lowest BCUT2D eigenvalue weighted by Crippen LogP contribution is -2.02. The van der Waals surface area contributed by atoms with Crippen molar-refractivity contribution in [3.63, 3.8) is 0 Å². The molecular weight excluding hydrogens is 262 g/mol. The van der Waals surface area contributed by atoms with Gasteiger partial charge in [-0.3, -0.25) is 0 Å². The Morgan fingerprint density at radius 3 is 1.67 bits per heavy atom. The summed E-state index contributed by atoms with van der Waals surface area (Å²) < 4.78 is 3.81. The molecule has 1 nitrogen and oxygen atoms in total. The molecule has 18 heavy (non-hydrogen) atoms. The second-order valence-electron chi connectivity index (χ2n) is 4.02. The van der Waals surface area contributed by atoms with E-state index in [0.717, 1.165) is 13.0 Å². The Kier molecular flexibility index (Phi) is 6.55. The Morgan fingerprint density at radius 1 is 0.833 bits per heavy atom. The summed E-state index contributed by atoms with van der Waals surface area (Å²) in [4.78, 5) is 0. The Balaban J connectivity index is 0.00000162. The van der Waals surface area contributed by atoms with E-state index in [9.17, 15) is 0 Å². The fraction of sp³-hybridized carbons (Fsp3) is 0.200. The van der Waals surface area contributed by atoms with Crippen molar-refractivity contribution in [2.24, 2.45) is 4.36 Å². The van der Waals surface area contributed by atoms with Crippen molar-refractivity contribution in [1.29, 1.82) is 0 Å². The van der Waals surface area contributed by atoms with Crippen molar-refractivity contribution in [3.05, 3.63) is 71.8 Å². The van der Waals surface area contributed by atoms with Crippen molar-refractivity contribution in [3.8, 4) is 0 Å². The number of halogens is 1. The number of hydrogen-bond donors (Lipinski definition) is 0. The van der Waals surface area contributed by atoms with Gasteiger partial charge < -0.3 is 0 Å². The van der Waals surface area contributed by atoms with Gasteiger partial charge in [0.2, 0.25) is 0 Å². The third-order valence-electron chi connectivity index (χ3n) is 2.91. The highest BCUT2D eigenvalue weighted by Crippen LogP contribution is 2.27. The summed E-state index contributed by atoms with van der Waals surface area (Å²) in [6.07, 6.45) is 0.970. The monoisotopic (exact) mass is 277 g/mol. The number of hydrogen-bond acceptors (Lipinski definition) is 2. The van der Waals surface area contributed by atoms with Gasteiger partial charge in [-0.1, -0.05) is 60.7 Å². The van der Waals surface area contributed by atoms with E-state index in [1.54, 1.807) is 0 Å². The van der Waals surface area contributed by atoms with Gasteiger partial charge >= 0.3 is 0 Å². The summed E-state index contributed by atoms with van der Waals surface area (Å²) in [5.41, 5.74) is 2.66. The molecule has 0 spiro atoms. The predicted octanol–water partition coefficient (Wildman–Crippen LogP) is 4.36. The Hall–Kier alpha value is -1.25. The fourth-order valence-corrected chi connectivity index (χ4v) is 2.18. The zero-order valence-electron chi connectivity index (χ0n) is 10.0. The van der Waals surface area contributed by atoms with Gasteiger partial charge in [-0.05, 0) is 17.5 Å². The van der Waals surface area contributed by atoms with Crippen molar-refractivity contribution in [2.45, 2.75) is 12.3 Å². The maximum absolute atomic E-state index is 4.70. The molecule has 0 fully saturated rings. The Morgan fingerprint density at radius 2 is 1.28 bits per heavy atom. The molecule has 0 aliphatic heterocycles. The van der Waals surface area contributed by atoms with Crippen LogP contribution in [0.4, 0.5) is 0 Å². The first-order valence-corrected chi connectivity index (χ1v) is 6.17. The van der Waals surface area contributed by atoms with E-state index in [2.05, 4.69) is 52.9 Å². The van der Waals surface area contributed by atoms with Gasteiger partial charge in [0.25, 0.3) is 0 Å². The van der Waals surface area contributed by atoms with Gasteiger partial charge in [-0.15, -0.1) is 12.4 Å². The second kappa shape index (κ2) is 7.96. The van der Waals surface area contributed by atoms with Crippen molar-refractivity contribution in [1.82, 2.24) is 0 Å². The second-order valence-corrected chi connectivity index (χ2v) is 4.27. The van der Waals surface area contributed by atoms with Crippen LogP contribution in [0.1, 0.15) is 23.5 Å². The maximum Gasteiger partial charge on any atom is 0.0530 e. The van der Waals surface area contributed by atoms with E-state index in [1.807, 2.05) is 12.1 Å². The molecule has 2 rings (SSSR count). The first-order valence-electron chi connectivity index (χ1n) is 5.81. The minimum absolute atomic E-state index is 0. The van der Waals surface area contributed by atoms with Crippen LogP contribution in [-0.4, -0.2) is 6.54 Å².